The number of hydrogen-bond acceptors (Lipinski definition) is 6. The molecular formula is C43H24N2O2S2. The number of furan rings is 1. The normalized spacial score (nSPS) is 12.1. The van der Waals surface area contributed by atoms with Gasteiger partial charge in [-0.1, -0.05) is 60.7 Å². The van der Waals surface area contributed by atoms with Crippen molar-refractivity contribution < 1.29 is 8.83 Å². The Balaban J connectivity index is 1.16. The maximum atomic E-state index is 6.62. The second-order valence-electron chi connectivity index (χ2n) is 12.3. The first kappa shape index (κ1) is 27.0. The van der Waals surface area contributed by atoms with Crippen molar-refractivity contribution in [2.75, 3.05) is 4.90 Å². The summed E-state index contributed by atoms with van der Waals surface area (Å²) in [4.78, 5) is 7.21. The molecule has 0 saturated heterocycles. The van der Waals surface area contributed by atoms with Crippen molar-refractivity contribution in [2.45, 2.75) is 0 Å². The molecule has 0 fully saturated rings. The zero-order chi connectivity index (χ0) is 32.1. The third-order valence-electron chi connectivity index (χ3n) is 9.50. The van der Waals surface area contributed by atoms with Crippen LogP contribution in [0.4, 0.5) is 17.1 Å². The average molecular weight is 665 g/mol. The van der Waals surface area contributed by atoms with Gasteiger partial charge >= 0.3 is 0 Å². The lowest BCUT2D eigenvalue weighted by Crippen LogP contribution is -2.10. The molecule has 0 spiro atoms. The molecular weight excluding hydrogens is 641 g/mol. The second-order valence-corrected chi connectivity index (χ2v) is 14.5. The highest BCUT2D eigenvalue weighted by Gasteiger charge is 2.22. The van der Waals surface area contributed by atoms with Crippen LogP contribution in [0.2, 0.25) is 0 Å². The number of oxazole rings is 1. The third-order valence-corrected chi connectivity index (χ3v) is 11.8. The van der Waals surface area contributed by atoms with E-state index in [2.05, 4.69) is 114 Å². The van der Waals surface area contributed by atoms with Gasteiger partial charge in [0.25, 0.3) is 0 Å². The standard InChI is InChI=1S/C43H24N2O2S2/c1-5-16-37-27(9-1)31-23-25(20-22-39(31)48-37)45(33-13-8-18-40-42(33)29-10-2-6-17-38(29)49-40)26-19-21-28-36(24-26)46-35-15-7-11-30(41(28)35)43-44-32-12-3-4-14-34(32)47-43/h1-24H. The maximum Gasteiger partial charge on any atom is 0.228 e. The van der Waals surface area contributed by atoms with E-state index in [1.165, 1.54) is 40.3 Å². The van der Waals surface area contributed by atoms with Gasteiger partial charge < -0.3 is 13.7 Å². The first-order valence-corrected chi connectivity index (χ1v) is 17.8. The van der Waals surface area contributed by atoms with Gasteiger partial charge in [0.15, 0.2) is 5.58 Å². The molecule has 11 rings (SSSR count). The first-order valence-electron chi connectivity index (χ1n) is 16.2. The minimum atomic E-state index is 0.590. The number of anilines is 3. The van der Waals surface area contributed by atoms with E-state index in [0.29, 0.717) is 5.89 Å². The van der Waals surface area contributed by atoms with Gasteiger partial charge in [0.2, 0.25) is 5.89 Å². The highest BCUT2D eigenvalue weighted by atomic mass is 32.1. The zero-order valence-electron chi connectivity index (χ0n) is 25.9. The fourth-order valence-electron chi connectivity index (χ4n) is 7.34. The van der Waals surface area contributed by atoms with Crippen LogP contribution >= 0.6 is 22.7 Å². The van der Waals surface area contributed by atoms with Gasteiger partial charge in [-0.05, 0) is 78.9 Å². The molecule has 0 unspecified atom stereocenters. The largest absolute Gasteiger partial charge is 0.456 e. The van der Waals surface area contributed by atoms with Gasteiger partial charge in [0.1, 0.15) is 16.7 Å². The molecule has 230 valence electrons. The number of rotatable bonds is 4. The molecule has 0 N–H and O–H groups in total. The Labute approximate surface area is 287 Å². The van der Waals surface area contributed by atoms with Crippen LogP contribution in [0.25, 0.3) is 84.8 Å². The molecule has 0 saturated carbocycles. The second kappa shape index (κ2) is 10.3. The van der Waals surface area contributed by atoms with Crippen molar-refractivity contribution in [2.24, 2.45) is 0 Å². The summed E-state index contributed by atoms with van der Waals surface area (Å²) in [5, 5.41) is 7.08. The fraction of sp³-hybridized carbons (Fsp3) is 0. The van der Waals surface area contributed by atoms with E-state index in [9.17, 15) is 0 Å². The quantitative estimate of drug-likeness (QED) is 0.188. The van der Waals surface area contributed by atoms with Crippen LogP contribution in [0.5, 0.6) is 0 Å². The van der Waals surface area contributed by atoms with Crippen LogP contribution in [-0.4, -0.2) is 4.98 Å². The van der Waals surface area contributed by atoms with E-state index < -0.39 is 0 Å². The van der Waals surface area contributed by atoms with Crippen LogP contribution in [0, 0.1) is 0 Å². The Morgan fingerprint density at radius 3 is 2.06 bits per heavy atom. The summed E-state index contributed by atoms with van der Waals surface area (Å²) in [6, 6.07) is 51.4. The van der Waals surface area contributed by atoms with Gasteiger partial charge in [-0.2, -0.15) is 0 Å². The lowest BCUT2D eigenvalue weighted by molar-refractivity contribution is 0.620. The van der Waals surface area contributed by atoms with Crippen LogP contribution in [-0.2, 0) is 0 Å². The van der Waals surface area contributed by atoms with E-state index in [4.69, 9.17) is 13.8 Å². The van der Waals surface area contributed by atoms with Crippen molar-refractivity contribution in [3.05, 3.63) is 146 Å². The molecule has 11 aromatic rings. The van der Waals surface area contributed by atoms with Crippen molar-refractivity contribution in [3.63, 3.8) is 0 Å². The Kier molecular flexibility index (Phi) is 5.67. The minimum absolute atomic E-state index is 0.590. The van der Waals surface area contributed by atoms with Crippen molar-refractivity contribution >= 4 is 113 Å². The highest BCUT2D eigenvalue weighted by molar-refractivity contribution is 7.26. The number of fused-ring (bicyclic) bond motifs is 10. The lowest BCUT2D eigenvalue weighted by Gasteiger charge is -2.26. The Hall–Kier alpha value is -5.95. The summed E-state index contributed by atoms with van der Waals surface area (Å²) in [6.07, 6.45) is 0. The average Bonchev–Trinajstić information content (AvgIpc) is 3.92. The highest BCUT2D eigenvalue weighted by Crippen LogP contribution is 2.47. The Morgan fingerprint density at radius 1 is 0.449 bits per heavy atom. The molecule has 4 heterocycles. The van der Waals surface area contributed by atoms with E-state index >= 15 is 0 Å². The summed E-state index contributed by atoms with van der Waals surface area (Å²) < 4.78 is 18.0. The van der Waals surface area contributed by atoms with E-state index in [-0.39, 0.29) is 0 Å². The molecule has 4 aromatic heterocycles. The smallest absolute Gasteiger partial charge is 0.228 e. The third kappa shape index (κ3) is 4.05. The van der Waals surface area contributed by atoms with Gasteiger partial charge in [0.05, 0.1) is 5.69 Å². The van der Waals surface area contributed by atoms with Gasteiger partial charge in [-0.25, -0.2) is 4.98 Å². The first-order chi connectivity index (χ1) is 24.3. The fourth-order valence-corrected chi connectivity index (χ4v) is 9.56. The number of benzene rings is 7. The van der Waals surface area contributed by atoms with Gasteiger partial charge in [-0.15, -0.1) is 22.7 Å². The molecule has 4 nitrogen and oxygen atoms in total. The molecule has 0 bridgehead atoms. The van der Waals surface area contributed by atoms with E-state index in [1.54, 1.807) is 0 Å². The number of aromatic nitrogens is 1. The number of para-hydroxylation sites is 2. The number of nitrogens with zero attached hydrogens (tertiary/aromatic N) is 2. The molecule has 0 atom stereocenters. The minimum Gasteiger partial charge on any atom is -0.456 e. The van der Waals surface area contributed by atoms with E-state index in [1.807, 2.05) is 59.1 Å². The monoisotopic (exact) mass is 664 g/mol. The van der Waals surface area contributed by atoms with E-state index in [0.717, 1.165) is 55.7 Å². The summed E-state index contributed by atoms with van der Waals surface area (Å²) in [7, 11) is 0. The Bertz CT molecular complexity index is 3060. The summed E-state index contributed by atoms with van der Waals surface area (Å²) in [5.41, 5.74) is 7.40. The maximum absolute atomic E-state index is 6.62. The molecule has 7 aromatic carbocycles. The summed E-state index contributed by atoms with van der Waals surface area (Å²) >= 11 is 3.68. The summed E-state index contributed by atoms with van der Waals surface area (Å²) in [6.45, 7) is 0. The van der Waals surface area contributed by atoms with Crippen molar-refractivity contribution in [1.29, 1.82) is 0 Å². The molecule has 0 aliphatic rings. The molecule has 0 aliphatic heterocycles. The lowest BCUT2D eigenvalue weighted by atomic mass is 10.0. The Morgan fingerprint density at radius 2 is 1.14 bits per heavy atom. The predicted molar refractivity (Wildman–Crippen MR) is 207 cm³/mol. The number of hydrogen-bond donors (Lipinski definition) is 0. The number of thiophene rings is 2. The van der Waals surface area contributed by atoms with Crippen LogP contribution in [0.1, 0.15) is 0 Å². The SMILES string of the molecule is c1ccc2oc(-c3cccc4oc5cc(N(c6ccc7sc8ccccc8c7c6)c6cccc7sc8ccccc8c67)ccc5c34)nc2c1. The summed E-state index contributed by atoms with van der Waals surface area (Å²) in [5.74, 6) is 0.590. The van der Waals surface area contributed by atoms with Crippen LogP contribution in [0.3, 0.4) is 0 Å². The molecule has 0 amide bonds. The van der Waals surface area contributed by atoms with Crippen LogP contribution in [0.15, 0.2) is 154 Å². The van der Waals surface area contributed by atoms with Gasteiger partial charge in [0, 0.05) is 74.1 Å². The molecule has 0 radical (unpaired) electrons. The van der Waals surface area contributed by atoms with Crippen molar-refractivity contribution in [1.82, 2.24) is 4.98 Å². The molecule has 6 heteroatoms. The van der Waals surface area contributed by atoms with Gasteiger partial charge in [-0.3, -0.25) is 0 Å². The van der Waals surface area contributed by atoms with Crippen LogP contribution < -0.4 is 4.90 Å². The predicted octanol–water partition coefficient (Wildman–Crippen LogP) is 13.6. The topological polar surface area (TPSA) is 42.4 Å². The van der Waals surface area contributed by atoms with Crippen molar-refractivity contribution in [3.8, 4) is 11.5 Å². The zero-order valence-corrected chi connectivity index (χ0v) is 27.5. The molecule has 0 aliphatic carbocycles. The molecule has 49 heavy (non-hydrogen) atoms.